The molecular weight excluding hydrogens is 202 g/mol. The zero-order valence-corrected chi connectivity index (χ0v) is 9.40. The van der Waals surface area contributed by atoms with Gasteiger partial charge in [0.15, 0.2) is 4.34 Å². The SMILES string of the molecule is CCC(N)CCCSc1nncs1. The Morgan fingerprint density at radius 2 is 2.54 bits per heavy atom. The standard InChI is InChI=1S/C8H15N3S2/c1-2-7(9)4-3-5-12-8-11-10-6-13-8/h6-7H,2-5,9H2,1H3. The lowest BCUT2D eigenvalue weighted by Gasteiger charge is -2.06. The van der Waals surface area contributed by atoms with Gasteiger partial charge in [0.05, 0.1) is 0 Å². The van der Waals surface area contributed by atoms with Gasteiger partial charge in [-0.05, 0) is 19.3 Å². The summed E-state index contributed by atoms with van der Waals surface area (Å²) in [5.41, 5.74) is 7.56. The summed E-state index contributed by atoms with van der Waals surface area (Å²) in [6.45, 7) is 2.13. The number of hydrogen-bond acceptors (Lipinski definition) is 5. The van der Waals surface area contributed by atoms with Crippen molar-refractivity contribution >= 4 is 23.1 Å². The molecule has 0 aliphatic heterocycles. The van der Waals surface area contributed by atoms with Crippen molar-refractivity contribution in [2.24, 2.45) is 5.73 Å². The van der Waals surface area contributed by atoms with Crippen molar-refractivity contribution in [3.05, 3.63) is 5.51 Å². The first-order valence-electron chi connectivity index (χ1n) is 4.47. The van der Waals surface area contributed by atoms with E-state index in [1.165, 1.54) is 6.42 Å². The smallest absolute Gasteiger partial charge is 0.174 e. The van der Waals surface area contributed by atoms with Gasteiger partial charge in [-0.15, -0.1) is 10.2 Å². The maximum Gasteiger partial charge on any atom is 0.174 e. The molecule has 2 N–H and O–H groups in total. The van der Waals surface area contributed by atoms with Crippen LogP contribution in [0.2, 0.25) is 0 Å². The normalized spacial score (nSPS) is 13.1. The van der Waals surface area contributed by atoms with Crippen LogP contribution in [0.4, 0.5) is 0 Å². The van der Waals surface area contributed by atoms with E-state index in [1.807, 2.05) is 0 Å². The van der Waals surface area contributed by atoms with Crippen molar-refractivity contribution in [1.29, 1.82) is 0 Å². The molecule has 13 heavy (non-hydrogen) atoms. The number of rotatable bonds is 6. The van der Waals surface area contributed by atoms with E-state index in [-0.39, 0.29) is 0 Å². The fourth-order valence-corrected chi connectivity index (χ4v) is 2.46. The number of aromatic nitrogens is 2. The summed E-state index contributed by atoms with van der Waals surface area (Å²) < 4.78 is 1.06. The van der Waals surface area contributed by atoms with E-state index >= 15 is 0 Å². The minimum Gasteiger partial charge on any atom is -0.328 e. The third kappa shape index (κ3) is 4.59. The lowest BCUT2D eigenvalue weighted by molar-refractivity contribution is 0.589. The zero-order chi connectivity index (χ0) is 9.52. The summed E-state index contributed by atoms with van der Waals surface area (Å²) in [5, 5.41) is 7.73. The van der Waals surface area contributed by atoms with Crippen LogP contribution in [-0.4, -0.2) is 22.0 Å². The van der Waals surface area contributed by atoms with Crippen LogP contribution in [0.1, 0.15) is 26.2 Å². The van der Waals surface area contributed by atoms with Crippen LogP contribution in [0.5, 0.6) is 0 Å². The fourth-order valence-electron chi connectivity index (χ4n) is 0.935. The summed E-state index contributed by atoms with van der Waals surface area (Å²) in [4.78, 5) is 0. The second-order valence-electron chi connectivity index (χ2n) is 2.86. The van der Waals surface area contributed by atoms with E-state index in [1.54, 1.807) is 28.6 Å². The first-order chi connectivity index (χ1) is 6.33. The monoisotopic (exact) mass is 217 g/mol. The average Bonchev–Trinajstić information content (AvgIpc) is 2.64. The quantitative estimate of drug-likeness (QED) is 0.586. The Balaban J connectivity index is 2.02. The third-order valence-corrected chi connectivity index (χ3v) is 3.76. The van der Waals surface area contributed by atoms with Gasteiger partial charge in [0, 0.05) is 11.8 Å². The Kier molecular flexibility index (Phi) is 5.34. The average molecular weight is 217 g/mol. The lowest BCUT2D eigenvalue weighted by atomic mass is 10.1. The van der Waals surface area contributed by atoms with E-state index in [4.69, 9.17) is 5.73 Å². The molecule has 1 unspecified atom stereocenters. The highest BCUT2D eigenvalue weighted by Gasteiger charge is 2.00. The molecule has 0 aromatic carbocycles. The first-order valence-corrected chi connectivity index (χ1v) is 6.34. The van der Waals surface area contributed by atoms with Gasteiger partial charge in [-0.3, -0.25) is 0 Å². The van der Waals surface area contributed by atoms with E-state index < -0.39 is 0 Å². The maximum atomic E-state index is 5.80. The summed E-state index contributed by atoms with van der Waals surface area (Å²) >= 11 is 3.37. The third-order valence-electron chi connectivity index (χ3n) is 1.81. The Morgan fingerprint density at radius 1 is 1.69 bits per heavy atom. The van der Waals surface area contributed by atoms with E-state index in [9.17, 15) is 0 Å². The van der Waals surface area contributed by atoms with Crippen LogP contribution >= 0.6 is 23.1 Å². The first kappa shape index (κ1) is 10.9. The summed E-state index contributed by atoms with van der Waals surface area (Å²) in [6, 6.07) is 0.370. The zero-order valence-electron chi connectivity index (χ0n) is 7.77. The Hall–Kier alpha value is -0.130. The Labute approximate surface area is 87.1 Å². The predicted molar refractivity (Wildman–Crippen MR) is 58.1 cm³/mol. The molecule has 0 saturated heterocycles. The largest absolute Gasteiger partial charge is 0.328 e. The number of nitrogens with zero attached hydrogens (tertiary/aromatic N) is 2. The molecule has 0 fully saturated rings. The van der Waals surface area contributed by atoms with Gasteiger partial charge in [-0.1, -0.05) is 30.0 Å². The van der Waals surface area contributed by atoms with Crippen molar-refractivity contribution in [3.63, 3.8) is 0 Å². The van der Waals surface area contributed by atoms with E-state index in [0.29, 0.717) is 6.04 Å². The highest BCUT2D eigenvalue weighted by atomic mass is 32.2. The van der Waals surface area contributed by atoms with Crippen molar-refractivity contribution < 1.29 is 0 Å². The Bertz CT molecular complexity index is 213. The van der Waals surface area contributed by atoms with Gasteiger partial charge < -0.3 is 5.73 Å². The molecule has 0 saturated carbocycles. The van der Waals surface area contributed by atoms with Crippen LogP contribution in [-0.2, 0) is 0 Å². The summed E-state index contributed by atoms with van der Waals surface area (Å²) in [7, 11) is 0. The molecule has 74 valence electrons. The van der Waals surface area contributed by atoms with E-state index in [0.717, 1.165) is 22.9 Å². The molecule has 0 spiro atoms. The molecule has 1 heterocycles. The number of thioether (sulfide) groups is 1. The summed E-state index contributed by atoms with van der Waals surface area (Å²) in [6.07, 6.45) is 3.35. The highest BCUT2D eigenvalue weighted by Crippen LogP contribution is 2.20. The van der Waals surface area contributed by atoms with Gasteiger partial charge >= 0.3 is 0 Å². The van der Waals surface area contributed by atoms with Crippen molar-refractivity contribution in [2.45, 2.75) is 36.6 Å². The van der Waals surface area contributed by atoms with Crippen LogP contribution < -0.4 is 5.73 Å². The molecule has 3 nitrogen and oxygen atoms in total. The molecule has 0 aliphatic rings. The molecule has 1 aromatic rings. The fraction of sp³-hybridized carbons (Fsp3) is 0.750. The van der Waals surface area contributed by atoms with Crippen molar-refractivity contribution in [1.82, 2.24) is 10.2 Å². The van der Waals surface area contributed by atoms with Gasteiger partial charge in [0.1, 0.15) is 5.51 Å². The Morgan fingerprint density at radius 3 is 3.15 bits per heavy atom. The molecule has 1 atom stereocenters. The lowest BCUT2D eigenvalue weighted by Crippen LogP contribution is -2.18. The summed E-state index contributed by atoms with van der Waals surface area (Å²) in [5.74, 6) is 1.10. The molecule has 0 amide bonds. The number of nitrogens with two attached hydrogens (primary N) is 1. The highest BCUT2D eigenvalue weighted by molar-refractivity contribution is 8.00. The molecule has 0 radical (unpaired) electrons. The number of hydrogen-bond donors (Lipinski definition) is 1. The second kappa shape index (κ2) is 6.34. The van der Waals surface area contributed by atoms with Gasteiger partial charge in [0.2, 0.25) is 0 Å². The molecule has 0 bridgehead atoms. The van der Waals surface area contributed by atoms with E-state index in [2.05, 4.69) is 17.1 Å². The van der Waals surface area contributed by atoms with Gasteiger partial charge in [0.25, 0.3) is 0 Å². The van der Waals surface area contributed by atoms with Crippen LogP contribution in [0.15, 0.2) is 9.85 Å². The minimum absolute atomic E-state index is 0.370. The van der Waals surface area contributed by atoms with Crippen molar-refractivity contribution in [3.8, 4) is 0 Å². The second-order valence-corrected chi connectivity index (χ2v) is 5.04. The van der Waals surface area contributed by atoms with Crippen molar-refractivity contribution in [2.75, 3.05) is 5.75 Å². The van der Waals surface area contributed by atoms with Gasteiger partial charge in [-0.2, -0.15) is 0 Å². The minimum atomic E-state index is 0.370. The van der Waals surface area contributed by atoms with Gasteiger partial charge in [-0.25, -0.2) is 0 Å². The predicted octanol–water partition coefficient (Wildman–Crippen LogP) is 2.15. The topological polar surface area (TPSA) is 51.8 Å². The van der Waals surface area contributed by atoms with Crippen LogP contribution in [0, 0.1) is 0 Å². The molecular formula is C8H15N3S2. The van der Waals surface area contributed by atoms with Crippen LogP contribution in [0.3, 0.4) is 0 Å². The molecule has 1 rings (SSSR count). The maximum absolute atomic E-state index is 5.80. The molecule has 5 heteroatoms. The van der Waals surface area contributed by atoms with Crippen LogP contribution in [0.25, 0.3) is 0 Å². The molecule has 0 aliphatic carbocycles. The molecule has 1 aromatic heterocycles.